The maximum atomic E-state index is 5.04. The van der Waals surface area contributed by atoms with Gasteiger partial charge in [-0.1, -0.05) is 18.2 Å². The first-order valence-corrected chi connectivity index (χ1v) is 3.84. The van der Waals surface area contributed by atoms with Crippen molar-refractivity contribution < 1.29 is 4.74 Å². The van der Waals surface area contributed by atoms with Gasteiger partial charge < -0.3 is 10.1 Å². The molecule has 0 atom stereocenters. The van der Waals surface area contributed by atoms with Gasteiger partial charge in [0.1, 0.15) is 0 Å². The molecule has 58 valence electrons. The third-order valence-electron chi connectivity index (χ3n) is 1.78. The molecule has 1 aliphatic heterocycles. The van der Waals surface area contributed by atoms with E-state index in [0.29, 0.717) is 6.04 Å². The Labute approximate surface area is 66.2 Å². The molecule has 1 saturated heterocycles. The molecule has 1 fully saturated rings. The van der Waals surface area contributed by atoms with Gasteiger partial charge >= 0.3 is 0 Å². The van der Waals surface area contributed by atoms with Gasteiger partial charge in [0.25, 0.3) is 0 Å². The summed E-state index contributed by atoms with van der Waals surface area (Å²) in [7, 11) is 0. The Kier molecular flexibility index (Phi) is 1.78. The van der Waals surface area contributed by atoms with E-state index in [1.165, 1.54) is 5.69 Å². The standard InChI is InChI=1S/C9H11NO/c1-2-4-8(5-3-1)10-9-6-11-7-9/h1-5,9-10H,6-7H2. The van der Waals surface area contributed by atoms with Crippen LogP contribution in [0.25, 0.3) is 0 Å². The molecule has 1 aromatic carbocycles. The lowest BCUT2D eigenvalue weighted by molar-refractivity contribution is 0.0211. The molecule has 1 aliphatic rings. The molecular formula is C9H11NO. The van der Waals surface area contributed by atoms with E-state index in [1.54, 1.807) is 0 Å². The number of benzene rings is 1. The van der Waals surface area contributed by atoms with Crippen LogP contribution in [-0.2, 0) is 4.74 Å². The summed E-state index contributed by atoms with van der Waals surface area (Å²) in [6, 6.07) is 10.7. The number of hydrogen-bond acceptors (Lipinski definition) is 2. The second kappa shape index (κ2) is 2.93. The molecule has 0 aliphatic carbocycles. The average Bonchev–Trinajstić information content (AvgIpc) is 1.99. The van der Waals surface area contributed by atoms with Crippen molar-refractivity contribution in [2.75, 3.05) is 18.5 Å². The molecule has 0 unspecified atom stereocenters. The highest BCUT2D eigenvalue weighted by molar-refractivity contribution is 5.43. The molecule has 0 radical (unpaired) electrons. The zero-order valence-corrected chi connectivity index (χ0v) is 6.29. The molecule has 1 N–H and O–H groups in total. The van der Waals surface area contributed by atoms with Gasteiger partial charge in [-0.05, 0) is 12.1 Å². The van der Waals surface area contributed by atoms with Gasteiger partial charge in [0.15, 0.2) is 0 Å². The highest BCUT2D eigenvalue weighted by atomic mass is 16.5. The first-order chi connectivity index (χ1) is 5.45. The molecule has 0 amide bonds. The number of ether oxygens (including phenoxy) is 1. The summed E-state index contributed by atoms with van der Waals surface area (Å²) >= 11 is 0. The van der Waals surface area contributed by atoms with Crippen molar-refractivity contribution in [1.29, 1.82) is 0 Å². The van der Waals surface area contributed by atoms with Crippen molar-refractivity contribution in [2.45, 2.75) is 6.04 Å². The Morgan fingerprint density at radius 2 is 1.91 bits per heavy atom. The first-order valence-electron chi connectivity index (χ1n) is 3.84. The Bertz CT molecular complexity index is 218. The fourth-order valence-corrected chi connectivity index (χ4v) is 1.09. The normalized spacial score (nSPS) is 17.5. The lowest BCUT2D eigenvalue weighted by Gasteiger charge is -2.27. The number of rotatable bonds is 2. The Balaban J connectivity index is 1.95. The van der Waals surface area contributed by atoms with Gasteiger partial charge in [0.05, 0.1) is 19.3 Å². The molecule has 0 spiro atoms. The summed E-state index contributed by atoms with van der Waals surface area (Å²) < 4.78 is 5.04. The molecule has 2 rings (SSSR count). The van der Waals surface area contributed by atoms with Crippen LogP contribution in [-0.4, -0.2) is 19.3 Å². The molecule has 0 saturated carbocycles. The number of anilines is 1. The van der Waals surface area contributed by atoms with Gasteiger partial charge in [0, 0.05) is 5.69 Å². The number of para-hydroxylation sites is 1. The maximum Gasteiger partial charge on any atom is 0.0728 e. The predicted octanol–water partition coefficient (Wildman–Crippen LogP) is 1.50. The zero-order chi connectivity index (χ0) is 7.52. The highest BCUT2D eigenvalue weighted by Crippen LogP contribution is 2.11. The van der Waals surface area contributed by atoms with Crippen molar-refractivity contribution in [2.24, 2.45) is 0 Å². The van der Waals surface area contributed by atoms with Crippen molar-refractivity contribution in [1.82, 2.24) is 0 Å². The Morgan fingerprint density at radius 3 is 2.45 bits per heavy atom. The number of nitrogens with one attached hydrogen (secondary N) is 1. The van der Waals surface area contributed by atoms with Gasteiger partial charge in [-0.2, -0.15) is 0 Å². The minimum atomic E-state index is 0.525. The minimum Gasteiger partial charge on any atom is -0.378 e. The van der Waals surface area contributed by atoms with E-state index in [2.05, 4.69) is 17.4 Å². The van der Waals surface area contributed by atoms with Crippen molar-refractivity contribution in [3.8, 4) is 0 Å². The number of hydrogen-bond donors (Lipinski definition) is 1. The molecule has 0 bridgehead atoms. The summed E-state index contributed by atoms with van der Waals surface area (Å²) in [5.74, 6) is 0. The summed E-state index contributed by atoms with van der Waals surface area (Å²) in [5, 5.41) is 3.35. The predicted molar refractivity (Wildman–Crippen MR) is 44.7 cm³/mol. The Morgan fingerprint density at radius 1 is 1.18 bits per heavy atom. The van der Waals surface area contributed by atoms with E-state index in [-0.39, 0.29) is 0 Å². The molecule has 1 heterocycles. The second-order valence-electron chi connectivity index (χ2n) is 2.74. The van der Waals surface area contributed by atoms with Gasteiger partial charge in [-0.25, -0.2) is 0 Å². The van der Waals surface area contributed by atoms with E-state index < -0.39 is 0 Å². The third kappa shape index (κ3) is 1.52. The van der Waals surface area contributed by atoms with Gasteiger partial charge in [0.2, 0.25) is 0 Å². The smallest absolute Gasteiger partial charge is 0.0728 e. The molecule has 0 aromatic heterocycles. The topological polar surface area (TPSA) is 21.3 Å². The van der Waals surface area contributed by atoms with Gasteiger partial charge in [-0.3, -0.25) is 0 Å². The first kappa shape index (κ1) is 6.68. The summed E-state index contributed by atoms with van der Waals surface area (Å²) in [6.07, 6.45) is 0. The van der Waals surface area contributed by atoms with Crippen LogP contribution < -0.4 is 5.32 Å². The lowest BCUT2D eigenvalue weighted by Crippen LogP contribution is -2.40. The summed E-state index contributed by atoms with van der Waals surface area (Å²) in [5.41, 5.74) is 1.18. The van der Waals surface area contributed by atoms with Crippen LogP contribution in [0.3, 0.4) is 0 Å². The van der Waals surface area contributed by atoms with Crippen LogP contribution in [0.15, 0.2) is 30.3 Å². The van der Waals surface area contributed by atoms with Crippen LogP contribution in [0.2, 0.25) is 0 Å². The van der Waals surface area contributed by atoms with Crippen LogP contribution >= 0.6 is 0 Å². The lowest BCUT2D eigenvalue weighted by atomic mass is 10.2. The van der Waals surface area contributed by atoms with Crippen molar-refractivity contribution >= 4 is 5.69 Å². The maximum absolute atomic E-state index is 5.04. The van der Waals surface area contributed by atoms with E-state index in [4.69, 9.17) is 4.74 Å². The molecule has 1 aromatic rings. The van der Waals surface area contributed by atoms with Crippen LogP contribution in [0.5, 0.6) is 0 Å². The summed E-state index contributed by atoms with van der Waals surface area (Å²) in [6.45, 7) is 1.68. The fourth-order valence-electron chi connectivity index (χ4n) is 1.09. The van der Waals surface area contributed by atoms with Crippen molar-refractivity contribution in [3.63, 3.8) is 0 Å². The monoisotopic (exact) mass is 149 g/mol. The van der Waals surface area contributed by atoms with E-state index in [9.17, 15) is 0 Å². The van der Waals surface area contributed by atoms with Crippen LogP contribution in [0.1, 0.15) is 0 Å². The van der Waals surface area contributed by atoms with E-state index in [1.807, 2.05) is 18.2 Å². The molecular weight excluding hydrogens is 138 g/mol. The minimum absolute atomic E-state index is 0.525. The SMILES string of the molecule is c1ccc(NC2COC2)cc1. The quantitative estimate of drug-likeness (QED) is 0.688. The molecule has 2 heteroatoms. The second-order valence-corrected chi connectivity index (χ2v) is 2.74. The van der Waals surface area contributed by atoms with Gasteiger partial charge in [-0.15, -0.1) is 0 Å². The van der Waals surface area contributed by atoms with E-state index in [0.717, 1.165) is 13.2 Å². The highest BCUT2D eigenvalue weighted by Gasteiger charge is 2.16. The largest absolute Gasteiger partial charge is 0.378 e. The average molecular weight is 149 g/mol. The van der Waals surface area contributed by atoms with E-state index >= 15 is 0 Å². The Hall–Kier alpha value is -1.02. The molecule has 2 nitrogen and oxygen atoms in total. The third-order valence-corrected chi connectivity index (χ3v) is 1.78. The molecule has 11 heavy (non-hydrogen) atoms. The fraction of sp³-hybridized carbons (Fsp3) is 0.333. The van der Waals surface area contributed by atoms with Crippen LogP contribution in [0, 0.1) is 0 Å². The van der Waals surface area contributed by atoms with Crippen LogP contribution in [0.4, 0.5) is 5.69 Å². The zero-order valence-electron chi connectivity index (χ0n) is 6.29. The summed E-state index contributed by atoms with van der Waals surface area (Å²) in [4.78, 5) is 0. The van der Waals surface area contributed by atoms with Crippen molar-refractivity contribution in [3.05, 3.63) is 30.3 Å².